The SMILES string of the molecule is Cc1nc(N[C@H](C)c2cccc(C(F)(F)CO)c2)c2cc(N(C)c3ccc(O)c(CC(=O)N(C)C)c3)ccc2n1. The van der Waals surface area contributed by atoms with Crippen molar-refractivity contribution in [2.24, 2.45) is 0 Å². The predicted octanol–water partition coefficient (Wildman–Crippen LogP) is 5.30. The van der Waals surface area contributed by atoms with Crippen molar-refractivity contribution in [3.8, 4) is 5.75 Å². The molecule has 1 aromatic heterocycles. The van der Waals surface area contributed by atoms with E-state index in [2.05, 4.69) is 15.3 Å². The fraction of sp³-hybridized carbons (Fsp3) is 0.300. The van der Waals surface area contributed by atoms with E-state index in [-0.39, 0.29) is 29.7 Å². The smallest absolute Gasteiger partial charge is 0.295 e. The normalized spacial score (nSPS) is 12.3. The molecule has 0 aliphatic rings. The van der Waals surface area contributed by atoms with Gasteiger partial charge in [-0.1, -0.05) is 18.2 Å². The molecule has 0 aliphatic carbocycles. The summed E-state index contributed by atoms with van der Waals surface area (Å²) in [6.45, 7) is 2.37. The third kappa shape index (κ3) is 6.12. The number of alkyl halides is 2. The lowest BCUT2D eigenvalue weighted by molar-refractivity contribution is -0.128. The molecule has 40 heavy (non-hydrogen) atoms. The summed E-state index contributed by atoms with van der Waals surface area (Å²) in [4.78, 5) is 24.8. The molecule has 1 atom stereocenters. The van der Waals surface area contributed by atoms with Gasteiger partial charge in [0.15, 0.2) is 0 Å². The number of aromatic nitrogens is 2. The Bertz CT molecular complexity index is 1540. The monoisotopic (exact) mass is 549 g/mol. The Morgan fingerprint density at radius 3 is 2.42 bits per heavy atom. The minimum atomic E-state index is -3.33. The Balaban J connectivity index is 1.67. The van der Waals surface area contributed by atoms with E-state index < -0.39 is 12.5 Å². The topological polar surface area (TPSA) is 102 Å². The van der Waals surface area contributed by atoms with Crippen molar-refractivity contribution >= 4 is 34.0 Å². The molecule has 1 amide bonds. The minimum Gasteiger partial charge on any atom is -0.508 e. The first-order chi connectivity index (χ1) is 18.9. The molecule has 10 heteroatoms. The van der Waals surface area contributed by atoms with Gasteiger partial charge in [-0.25, -0.2) is 9.97 Å². The summed E-state index contributed by atoms with van der Waals surface area (Å²) in [6.07, 6.45) is 0.0722. The highest BCUT2D eigenvalue weighted by atomic mass is 19.3. The molecule has 0 bridgehead atoms. The second kappa shape index (κ2) is 11.4. The van der Waals surface area contributed by atoms with Crippen LogP contribution in [0.3, 0.4) is 0 Å². The maximum atomic E-state index is 14.1. The zero-order valence-electron chi connectivity index (χ0n) is 23.1. The Morgan fingerprint density at radius 2 is 1.73 bits per heavy atom. The zero-order valence-corrected chi connectivity index (χ0v) is 23.1. The van der Waals surface area contributed by atoms with Crippen LogP contribution in [0.1, 0.15) is 35.5 Å². The highest BCUT2D eigenvalue weighted by Crippen LogP contribution is 2.34. The molecule has 0 saturated heterocycles. The lowest BCUT2D eigenvalue weighted by Gasteiger charge is -2.23. The van der Waals surface area contributed by atoms with Crippen LogP contribution < -0.4 is 10.2 Å². The third-order valence-electron chi connectivity index (χ3n) is 6.83. The number of amides is 1. The van der Waals surface area contributed by atoms with Crippen molar-refractivity contribution in [1.29, 1.82) is 0 Å². The van der Waals surface area contributed by atoms with Gasteiger partial charge in [0.05, 0.1) is 11.9 Å². The van der Waals surface area contributed by atoms with Crippen molar-refractivity contribution in [2.45, 2.75) is 32.2 Å². The Kier molecular flexibility index (Phi) is 8.20. The number of aliphatic hydroxyl groups is 1. The molecule has 0 aliphatic heterocycles. The van der Waals surface area contributed by atoms with E-state index in [1.807, 2.05) is 37.1 Å². The molecule has 1 heterocycles. The zero-order chi connectivity index (χ0) is 29.2. The van der Waals surface area contributed by atoms with E-state index in [0.717, 1.165) is 16.8 Å². The lowest BCUT2D eigenvalue weighted by Crippen LogP contribution is -2.23. The van der Waals surface area contributed by atoms with E-state index in [1.54, 1.807) is 51.4 Å². The van der Waals surface area contributed by atoms with Gasteiger partial charge >= 0.3 is 0 Å². The van der Waals surface area contributed by atoms with Crippen LogP contribution in [-0.2, 0) is 17.1 Å². The number of benzene rings is 3. The first-order valence-corrected chi connectivity index (χ1v) is 12.8. The number of anilines is 3. The number of carbonyl (C=O) groups is 1. The van der Waals surface area contributed by atoms with Gasteiger partial charge in [0, 0.05) is 55.1 Å². The van der Waals surface area contributed by atoms with Crippen molar-refractivity contribution in [3.05, 3.63) is 83.2 Å². The van der Waals surface area contributed by atoms with Crippen LogP contribution >= 0.6 is 0 Å². The van der Waals surface area contributed by atoms with Crippen LogP contribution in [-0.4, -0.2) is 58.7 Å². The lowest BCUT2D eigenvalue weighted by atomic mass is 10.0. The number of aryl methyl sites for hydroxylation is 1. The summed E-state index contributed by atoms with van der Waals surface area (Å²) in [5, 5.41) is 23.5. The maximum Gasteiger partial charge on any atom is 0.295 e. The van der Waals surface area contributed by atoms with Gasteiger partial charge in [-0.3, -0.25) is 4.79 Å². The molecule has 3 aromatic carbocycles. The summed E-state index contributed by atoms with van der Waals surface area (Å²) in [5.74, 6) is -2.30. The number of nitrogens with one attached hydrogen (secondary N) is 1. The number of carbonyl (C=O) groups excluding carboxylic acids is 1. The average molecular weight is 550 g/mol. The molecule has 0 saturated carbocycles. The maximum absolute atomic E-state index is 14.1. The van der Waals surface area contributed by atoms with E-state index in [4.69, 9.17) is 5.11 Å². The third-order valence-corrected chi connectivity index (χ3v) is 6.83. The second-order valence-corrected chi connectivity index (χ2v) is 10.0. The number of hydrogen-bond acceptors (Lipinski definition) is 7. The molecule has 4 aromatic rings. The quantitative estimate of drug-likeness (QED) is 0.260. The number of aromatic hydroxyl groups is 1. The number of nitrogens with zero attached hydrogens (tertiary/aromatic N) is 4. The number of rotatable bonds is 9. The number of hydrogen-bond donors (Lipinski definition) is 3. The molecule has 0 fully saturated rings. The number of halogens is 2. The highest BCUT2D eigenvalue weighted by Gasteiger charge is 2.30. The van der Waals surface area contributed by atoms with Gasteiger partial charge in [0.1, 0.15) is 24.0 Å². The molecular weight excluding hydrogens is 516 g/mol. The van der Waals surface area contributed by atoms with Crippen molar-refractivity contribution in [2.75, 3.05) is 38.0 Å². The van der Waals surface area contributed by atoms with Crippen molar-refractivity contribution in [1.82, 2.24) is 14.9 Å². The summed E-state index contributed by atoms with van der Waals surface area (Å²) >= 11 is 0. The Labute approximate surface area is 231 Å². The van der Waals surface area contributed by atoms with Gasteiger partial charge in [-0.2, -0.15) is 8.78 Å². The summed E-state index contributed by atoms with van der Waals surface area (Å²) in [5.41, 5.74) is 3.18. The molecule has 0 radical (unpaired) electrons. The summed E-state index contributed by atoms with van der Waals surface area (Å²) < 4.78 is 28.2. The van der Waals surface area contributed by atoms with Crippen LogP contribution in [0.2, 0.25) is 0 Å². The Morgan fingerprint density at radius 1 is 1.02 bits per heavy atom. The molecule has 0 spiro atoms. The molecule has 210 valence electrons. The van der Waals surface area contributed by atoms with Crippen LogP contribution in [0.5, 0.6) is 5.75 Å². The van der Waals surface area contributed by atoms with Gasteiger partial charge in [-0.05, 0) is 61.9 Å². The fourth-order valence-electron chi connectivity index (χ4n) is 4.36. The summed E-state index contributed by atoms with van der Waals surface area (Å²) in [6, 6.07) is 16.4. The van der Waals surface area contributed by atoms with Crippen LogP contribution in [0, 0.1) is 6.92 Å². The van der Waals surface area contributed by atoms with E-state index in [0.29, 0.717) is 28.3 Å². The molecule has 8 nitrogen and oxygen atoms in total. The molecule has 4 rings (SSSR count). The highest BCUT2D eigenvalue weighted by molar-refractivity contribution is 5.92. The van der Waals surface area contributed by atoms with Crippen molar-refractivity contribution in [3.63, 3.8) is 0 Å². The van der Waals surface area contributed by atoms with E-state index in [1.165, 1.54) is 17.0 Å². The van der Waals surface area contributed by atoms with Gasteiger partial charge < -0.3 is 25.3 Å². The first-order valence-electron chi connectivity index (χ1n) is 12.8. The molecular formula is C30H33F2N5O3. The number of phenols is 1. The van der Waals surface area contributed by atoms with E-state index in [9.17, 15) is 18.7 Å². The standard InChI is InChI=1S/C30H33F2N5O3/c1-18(20-7-6-8-22(13-20)30(31,32)17-38)33-29-25-16-24(9-11-26(25)34-19(2)35-29)37(5)23-10-12-27(39)21(14-23)15-28(40)36(3)4/h6-14,16,18,38-39H,15,17H2,1-5H3,(H,33,34,35)/t18-/m1/s1. The summed E-state index contributed by atoms with van der Waals surface area (Å²) in [7, 11) is 5.21. The molecule has 3 N–H and O–H groups in total. The van der Waals surface area contributed by atoms with Gasteiger partial charge in [0.2, 0.25) is 5.91 Å². The Hall–Kier alpha value is -4.31. The second-order valence-electron chi connectivity index (χ2n) is 10.0. The molecule has 0 unspecified atom stereocenters. The largest absolute Gasteiger partial charge is 0.508 e. The minimum absolute atomic E-state index is 0.0519. The predicted molar refractivity (Wildman–Crippen MR) is 152 cm³/mol. The number of aliphatic hydroxyl groups excluding tert-OH is 1. The number of fused-ring (bicyclic) bond motifs is 1. The van der Waals surface area contributed by atoms with Gasteiger partial charge in [0.25, 0.3) is 5.92 Å². The van der Waals surface area contributed by atoms with E-state index >= 15 is 0 Å². The number of likely N-dealkylation sites (N-methyl/N-ethyl adjacent to an activating group) is 1. The average Bonchev–Trinajstić information content (AvgIpc) is 2.93. The fourth-order valence-corrected chi connectivity index (χ4v) is 4.36. The first kappa shape index (κ1) is 28.7. The van der Waals surface area contributed by atoms with Crippen LogP contribution in [0.25, 0.3) is 10.9 Å². The van der Waals surface area contributed by atoms with Crippen molar-refractivity contribution < 1.29 is 23.8 Å². The number of phenolic OH excluding ortho intramolecular Hbond substituents is 1. The van der Waals surface area contributed by atoms with Crippen LogP contribution in [0.4, 0.5) is 26.0 Å². The van der Waals surface area contributed by atoms with Gasteiger partial charge in [-0.15, -0.1) is 0 Å². The van der Waals surface area contributed by atoms with Crippen LogP contribution in [0.15, 0.2) is 60.7 Å².